The number of aryl methyl sites for hydroxylation is 1. The van der Waals surface area contributed by atoms with Crippen LogP contribution in [0, 0.1) is 0 Å². The first-order valence-electron chi connectivity index (χ1n) is 6.71. The van der Waals surface area contributed by atoms with Crippen molar-refractivity contribution in [3.05, 3.63) is 68.7 Å². The molecule has 0 fully saturated rings. The van der Waals surface area contributed by atoms with Gasteiger partial charge in [0.05, 0.1) is 16.6 Å². The number of rotatable bonds is 5. The van der Waals surface area contributed by atoms with Gasteiger partial charge in [0, 0.05) is 17.7 Å². The van der Waals surface area contributed by atoms with Crippen molar-refractivity contribution in [3.8, 4) is 0 Å². The number of nitrogens with zero attached hydrogens (tertiary/aromatic N) is 3. The van der Waals surface area contributed by atoms with Crippen molar-refractivity contribution in [2.24, 2.45) is 0 Å². The summed E-state index contributed by atoms with van der Waals surface area (Å²) >= 11 is 13.6. The zero-order chi connectivity index (χ0) is 15.5. The molecule has 7 heteroatoms. The third-order valence-corrected chi connectivity index (χ3v) is 4.94. The minimum atomic E-state index is -0.106. The summed E-state index contributed by atoms with van der Waals surface area (Å²) in [5.41, 5.74) is 1.68. The van der Waals surface area contributed by atoms with Gasteiger partial charge in [0.15, 0.2) is 5.65 Å². The van der Waals surface area contributed by atoms with Gasteiger partial charge in [-0.25, -0.2) is 9.48 Å². The molecule has 0 aliphatic rings. The predicted octanol–water partition coefficient (Wildman–Crippen LogP) is 3.74. The third-order valence-electron chi connectivity index (χ3n) is 3.19. The van der Waals surface area contributed by atoms with Crippen LogP contribution in [-0.2, 0) is 12.3 Å². The number of thioether (sulfide) groups is 1. The molecule has 0 saturated carbocycles. The maximum Gasteiger partial charge on any atom is 0.350 e. The molecule has 4 nitrogen and oxygen atoms in total. The van der Waals surface area contributed by atoms with Gasteiger partial charge in [-0.15, -0.1) is 5.10 Å². The summed E-state index contributed by atoms with van der Waals surface area (Å²) in [6, 6.07) is 11.1. The monoisotopic (exact) mass is 353 g/mol. The Morgan fingerprint density at radius 1 is 1.14 bits per heavy atom. The van der Waals surface area contributed by atoms with E-state index in [0.717, 1.165) is 17.1 Å². The van der Waals surface area contributed by atoms with Gasteiger partial charge in [-0.3, -0.25) is 4.40 Å². The van der Waals surface area contributed by atoms with Gasteiger partial charge < -0.3 is 0 Å². The van der Waals surface area contributed by atoms with E-state index in [1.165, 1.54) is 4.68 Å². The highest BCUT2D eigenvalue weighted by atomic mass is 35.5. The van der Waals surface area contributed by atoms with Gasteiger partial charge in [0.1, 0.15) is 0 Å². The summed E-state index contributed by atoms with van der Waals surface area (Å²) in [4.78, 5) is 12.1. The molecule has 0 N–H and O–H groups in total. The standard InChI is InChI=1S/C15H13Cl2N3OS/c16-12-5-4-11(9-13(12)17)10-22-8-7-20-15(21)19-6-2-1-3-14(19)18-20/h1-6,9H,7-8,10H2. The molecule has 0 spiro atoms. The average molecular weight is 354 g/mol. The van der Waals surface area contributed by atoms with E-state index >= 15 is 0 Å². The first-order valence-corrected chi connectivity index (χ1v) is 8.62. The molecule has 3 aromatic rings. The second kappa shape index (κ2) is 6.77. The Hall–Kier alpha value is -1.43. The predicted molar refractivity (Wildman–Crippen MR) is 92.1 cm³/mol. The van der Waals surface area contributed by atoms with Crippen molar-refractivity contribution >= 4 is 40.6 Å². The highest BCUT2D eigenvalue weighted by molar-refractivity contribution is 7.98. The van der Waals surface area contributed by atoms with Crippen LogP contribution < -0.4 is 5.69 Å². The molecular weight excluding hydrogens is 341 g/mol. The second-order valence-corrected chi connectivity index (χ2v) is 6.66. The molecule has 0 atom stereocenters. The molecule has 0 amide bonds. The SMILES string of the molecule is O=c1n(CCSCc2ccc(Cl)c(Cl)c2)nc2ccccn12. The number of fused-ring (bicyclic) bond motifs is 1. The molecular formula is C15H13Cl2N3OS. The number of hydrogen-bond acceptors (Lipinski definition) is 3. The average Bonchev–Trinajstić information content (AvgIpc) is 2.84. The Kier molecular flexibility index (Phi) is 4.76. The lowest BCUT2D eigenvalue weighted by atomic mass is 10.2. The molecule has 0 radical (unpaired) electrons. The van der Waals surface area contributed by atoms with E-state index in [1.807, 2.05) is 30.3 Å². The van der Waals surface area contributed by atoms with E-state index in [-0.39, 0.29) is 5.69 Å². The summed E-state index contributed by atoms with van der Waals surface area (Å²) in [6.07, 6.45) is 1.73. The zero-order valence-corrected chi connectivity index (χ0v) is 13.9. The molecule has 0 aliphatic carbocycles. The summed E-state index contributed by atoms with van der Waals surface area (Å²) in [5, 5.41) is 5.43. The van der Waals surface area contributed by atoms with Gasteiger partial charge >= 0.3 is 5.69 Å². The van der Waals surface area contributed by atoms with Crippen LogP contribution in [0.15, 0.2) is 47.4 Å². The quantitative estimate of drug-likeness (QED) is 0.656. The van der Waals surface area contributed by atoms with E-state index in [9.17, 15) is 4.79 Å². The van der Waals surface area contributed by atoms with Crippen LogP contribution in [0.2, 0.25) is 10.0 Å². The largest absolute Gasteiger partial charge is 0.350 e. The number of benzene rings is 1. The topological polar surface area (TPSA) is 39.3 Å². The Bertz CT molecular complexity index is 859. The zero-order valence-electron chi connectivity index (χ0n) is 11.6. The maximum atomic E-state index is 12.1. The van der Waals surface area contributed by atoms with Crippen molar-refractivity contribution < 1.29 is 0 Å². The van der Waals surface area contributed by atoms with Crippen LogP contribution in [0.1, 0.15) is 5.56 Å². The minimum Gasteiger partial charge on any atom is -0.250 e. The molecule has 2 aromatic heterocycles. The normalized spacial score (nSPS) is 11.2. The minimum absolute atomic E-state index is 0.106. The highest BCUT2D eigenvalue weighted by Gasteiger charge is 2.05. The van der Waals surface area contributed by atoms with Gasteiger partial charge in [-0.1, -0.05) is 35.3 Å². The lowest BCUT2D eigenvalue weighted by Gasteiger charge is -2.03. The molecule has 0 aliphatic heterocycles. The highest BCUT2D eigenvalue weighted by Crippen LogP contribution is 2.24. The summed E-state index contributed by atoms with van der Waals surface area (Å²) in [5.74, 6) is 1.61. The van der Waals surface area contributed by atoms with Crippen LogP contribution in [0.3, 0.4) is 0 Å². The molecule has 1 aromatic carbocycles. The number of aromatic nitrogens is 3. The Balaban J connectivity index is 1.59. The van der Waals surface area contributed by atoms with Gasteiger partial charge in [0.25, 0.3) is 0 Å². The van der Waals surface area contributed by atoms with E-state index in [1.54, 1.807) is 28.4 Å². The Labute approximate surface area is 141 Å². The first-order chi connectivity index (χ1) is 10.6. The van der Waals surface area contributed by atoms with Gasteiger partial charge in [0.2, 0.25) is 0 Å². The maximum absolute atomic E-state index is 12.1. The molecule has 0 unspecified atom stereocenters. The van der Waals surface area contributed by atoms with E-state index in [2.05, 4.69) is 5.10 Å². The number of halogens is 2. The molecule has 0 bridgehead atoms. The third kappa shape index (κ3) is 3.32. The van der Waals surface area contributed by atoms with Crippen LogP contribution in [0.25, 0.3) is 5.65 Å². The Morgan fingerprint density at radius 2 is 2.00 bits per heavy atom. The van der Waals surface area contributed by atoms with Crippen LogP contribution in [-0.4, -0.2) is 19.9 Å². The first kappa shape index (κ1) is 15.5. The van der Waals surface area contributed by atoms with E-state index < -0.39 is 0 Å². The van der Waals surface area contributed by atoms with Crippen molar-refractivity contribution in [2.75, 3.05) is 5.75 Å². The van der Waals surface area contributed by atoms with Crippen molar-refractivity contribution in [1.29, 1.82) is 0 Å². The van der Waals surface area contributed by atoms with Crippen molar-refractivity contribution in [2.45, 2.75) is 12.3 Å². The van der Waals surface area contributed by atoms with Crippen molar-refractivity contribution in [1.82, 2.24) is 14.2 Å². The fraction of sp³-hybridized carbons (Fsp3) is 0.200. The van der Waals surface area contributed by atoms with Crippen LogP contribution in [0.4, 0.5) is 0 Å². The summed E-state index contributed by atoms with van der Waals surface area (Å²) in [6.45, 7) is 0.576. The number of hydrogen-bond donors (Lipinski definition) is 0. The van der Waals surface area contributed by atoms with Crippen molar-refractivity contribution in [3.63, 3.8) is 0 Å². The van der Waals surface area contributed by atoms with Crippen LogP contribution >= 0.6 is 35.0 Å². The molecule has 22 heavy (non-hydrogen) atoms. The summed E-state index contributed by atoms with van der Waals surface area (Å²) < 4.78 is 3.04. The molecule has 3 rings (SSSR count). The fourth-order valence-corrected chi connectivity index (χ4v) is 3.27. The van der Waals surface area contributed by atoms with E-state index in [4.69, 9.17) is 23.2 Å². The Morgan fingerprint density at radius 3 is 2.77 bits per heavy atom. The van der Waals surface area contributed by atoms with Gasteiger partial charge in [-0.2, -0.15) is 11.8 Å². The second-order valence-electron chi connectivity index (χ2n) is 4.74. The van der Waals surface area contributed by atoms with Gasteiger partial charge in [-0.05, 0) is 29.8 Å². The lowest BCUT2D eigenvalue weighted by Crippen LogP contribution is -2.22. The lowest BCUT2D eigenvalue weighted by molar-refractivity contribution is 0.639. The molecule has 2 heterocycles. The number of pyridine rings is 1. The summed E-state index contributed by atoms with van der Waals surface area (Å²) in [7, 11) is 0. The van der Waals surface area contributed by atoms with Crippen LogP contribution in [0.5, 0.6) is 0 Å². The fourth-order valence-electron chi connectivity index (χ4n) is 2.08. The smallest absolute Gasteiger partial charge is 0.250 e. The molecule has 0 saturated heterocycles. The van der Waals surface area contributed by atoms with E-state index in [0.29, 0.717) is 22.2 Å². The molecule has 114 valence electrons.